The topological polar surface area (TPSA) is 29.5 Å². The zero-order chi connectivity index (χ0) is 13.0. The van der Waals surface area contributed by atoms with Crippen LogP contribution in [0.4, 0.5) is 0 Å². The van der Waals surface area contributed by atoms with Crippen LogP contribution in [0.15, 0.2) is 42.5 Å². The minimum atomic E-state index is -0.00484. The molecule has 0 aliphatic heterocycles. The van der Waals surface area contributed by atoms with E-state index in [-0.39, 0.29) is 6.61 Å². The van der Waals surface area contributed by atoms with Crippen LogP contribution in [0.3, 0.4) is 0 Å². The van der Waals surface area contributed by atoms with Crippen LogP contribution in [0.5, 0.6) is 5.75 Å². The Balaban J connectivity index is 2.09. The van der Waals surface area contributed by atoms with Crippen LogP contribution in [0.25, 0.3) is 0 Å². The molecule has 0 atom stereocenters. The van der Waals surface area contributed by atoms with Gasteiger partial charge in [0.2, 0.25) is 0 Å². The van der Waals surface area contributed by atoms with E-state index >= 15 is 0 Å². The summed E-state index contributed by atoms with van der Waals surface area (Å²) in [6.07, 6.45) is 0. The van der Waals surface area contributed by atoms with E-state index < -0.39 is 0 Å². The third-order valence-corrected chi connectivity index (χ3v) is 3.36. The lowest BCUT2D eigenvalue weighted by molar-refractivity contribution is 0.278. The molecule has 2 rings (SSSR count). The van der Waals surface area contributed by atoms with Gasteiger partial charge in [-0.15, -0.1) is 0 Å². The van der Waals surface area contributed by atoms with Gasteiger partial charge in [0, 0.05) is 5.56 Å². The molecule has 1 N–H and O–H groups in total. The van der Waals surface area contributed by atoms with E-state index in [1.165, 1.54) is 0 Å². The van der Waals surface area contributed by atoms with Crippen LogP contribution < -0.4 is 4.74 Å². The van der Waals surface area contributed by atoms with Crippen molar-refractivity contribution in [1.29, 1.82) is 0 Å². The Labute approximate surface area is 116 Å². The minimum absolute atomic E-state index is 0.00484. The number of aliphatic hydroxyl groups excluding tert-OH is 1. The van der Waals surface area contributed by atoms with Gasteiger partial charge in [-0.3, -0.25) is 0 Å². The summed E-state index contributed by atoms with van der Waals surface area (Å²) in [5, 5.41) is 10.1. The molecule has 0 radical (unpaired) electrons. The lowest BCUT2D eigenvalue weighted by Crippen LogP contribution is -1.97. The van der Waals surface area contributed by atoms with Crippen molar-refractivity contribution in [2.45, 2.75) is 13.2 Å². The van der Waals surface area contributed by atoms with Crippen molar-refractivity contribution in [1.82, 2.24) is 0 Å². The molecular weight excluding hydrogens is 271 g/mol. The van der Waals surface area contributed by atoms with Gasteiger partial charge in [0.25, 0.3) is 0 Å². The molecule has 0 aliphatic carbocycles. The molecule has 0 heterocycles. The van der Waals surface area contributed by atoms with E-state index in [1.54, 1.807) is 12.1 Å². The Morgan fingerprint density at radius 1 is 1.06 bits per heavy atom. The van der Waals surface area contributed by atoms with Crippen molar-refractivity contribution >= 4 is 23.2 Å². The maximum absolute atomic E-state index is 9.03. The van der Waals surface area contributed by atoms with Crippen LogP contribution >= 0.6 is 23.2 Å². The zero-order valence-electron chi connectivity index (χ0n) is 9.57. The fourth-order valence-electron chi connectivity index (χ4n) is 1.55. The Morgan fingerprint density at radius 2 is 1.83 bits per heavy atom. The Kier molecular flexibility index (Phi) is 4.48. The van der Waals surface area contributed by atoms with Crippen molar-refractivity contribution in [2.75, 3.05) is 0 Å². The lowest BCUT2D eigenvalue weighted by Gasteiger charge is -2.09. The first-order chi connectivity index (χ1) is 8.70. The first kappa shape index (κ1) is 13.2. The number of benzene rings is 2. The monoisotopic (exact) mass is 282 g/mol. The van der Waals surface area contributed by atoms with E-state index in [0.29, 0.717) is 22.4 Å². The molecule has 0 saturated carbocycles. The second kappa shape index (κ2) is 6.10. The molecule has 18 heavy (non-hydrogen) atoms. The van der Waals surface area contributed by atoms with Gasteiger partial charge in [-0.2, -0.15) is 0 Å². The number of rotatable bonds is 4. The van der Waals surface area contributed by atoms with Crippen molar-refractivity contribution < 1.29 is 9.84 Å². The standard InChI is InChI=1S/C14H12Cl2O2/c15-13-6-2-4-11(14(13)16)9-18-12-5-1-3-10(7-12)8-17/h1-7,17H,8-9H2. The van der Waals surface area contributed by atoms with Crippen LogP contribution in [0, 0.1) is 0 Å². The fraction of sp³-hybridized carbons (Fsp3) is 0.143. The van der Waals surface area contributed by atoms with E-state index in [4.69, 9.17) is 33.0 Å². The van der Waals surface area contributed by atoms with Gasteiger partial charge in [0.1, 0.15) is 12.4 Å². The van der Waals surface area contributed by atoms with Crippen molar-refractivity contribution in [2.24, 2.45) is 0 Å². The third-order valence-electron chi connectivity index (χ3n) is 2.51. The molecule has 4 heteroatoms. The minimum Gasteiger partial charge on any atom is -0.489 e. The Bertz CT molecular complexity index is 541. The highest BCUT2D eigenvalue weighted by molar-refractivity contribution is 6.42. The summed E-state index contributed by atoms with van der Waals surface area (Å²) in [5.74, 6) is 0.692. The predicted octanol–water partition coefficient (Wildman–Crippen LogP) is 4.06. The van der Waals surface area contributed by atoms with Crippen molar-refractivity contribution in [3.63, 3.8) is 0 Å². The fourth-order valence-corrected chi connectivity index (χ4v) is 1.93. The average Bonchev–Trinajstić information content (AvgIpc) is 2.41. The number of aliphatic hydroxyl groups is 1. The van der Waals surface area contributed by atoms with E-state index in [2.05, 4.69) is 0 Å². The molecule has 0 spiro atoms. The summed E-state index contributed by atoms with van der Waals surface area (Å²) in [5.41, 5.74) is 1.64. The molecule has 0 saturated heterocycles. The van der Waals surface area contributed by atoms with Gasteiger partial charge in [0.05, 0.1) is 16.7 Å². The van der Waals surface area contributed by atoms with Gasteiger partial charge in [-0.05, 0) is 23.8 Å². The SMILES string of the molecule is OCc1cccc(OCc2cccc(Cl)c2Cl)c1. The van der Waals surface area contributed by atoms with Gasteiger partial charge in [-0.1, -0.05) is 47.5 Å². The highest BCUT2D eigenvalue weighted by Crippen LogP contribution is 2.26. The zero-order valence-corrected chi connectivity index (χ0v) is 11.1. The number of hydrogen-bond donors (Lipinski definition) is 1. The molecule has 94 valence electrons. The smallest absolute Gasteiger partial charge is 0.120 e. The van der Waals surface area contributed by atoms with Crippen LogP contribution in [0.1, 0.15) is 11.1 Å². The number of ether oxygens (including phenoxy) is 1. The molecule has 2 aromatic rings. The molecule has 0 bridgehead atoms. The number of hydrogen-bond acceptors (Lipinski definition) is 2. The second-order valence-electron chi connectivity index (χ2n) is 3.81. The van der Waals surface area contributed by atoms with E-state index in [9.17, 15) is 0 Å². The normalized spacial score (nSPS) is 10.4. The lowest BCUT2D eigenvalue weighted by atomic mass is 10.2. The summed E-state index contributed by atoms with van der Waals surface area (Å²) in [4.78, 5) is 0. The van der Waals surface area contributed by atoms with Gasteiger partial charge in [0.15, 0.2) is 0 Å². The molecule has 0 aliphatic rings. The largest absolute Gasteiger partial charge is 0.489 e. The van der Waals surface area contributed by atoms with Crippen LogP contribution in [0.2, 0.25) is 10.0 Å². The predicted molar refractivity (Wildman–Crippen MR) is 73.2 cm³/mol. The summed E-state index contributed by atoms with van der Waals surface area (Å²) >= 11 is 12.0. The molecule has 2 aromatic carbocycles. The number of halogens is 2. The summed E-state index contributed by atoms with van der Waals surface area (Å²) in [7, 11) is 0. The highest BCUT2D eigenvalue weighted by Gasteiger charge is 2.05. The van der Waals surface area contributed by atoms with Crippen LogP contribution in [-0.4, -0.2) is 5.11 Å². The molecule has 0 unspecified atom stereocenters. The second-order valence-corrected chi connectivity index (χ2v) is 4.59. The van der Waals surface area contributed by atoms with E-state index in [0.717, 1.165) is 11.1 Å². The first-order valence-corrected chi connectivity index (χ1v) is 6.22. The molecule has 2 nitrogen and oxygen atoms in total. The maximum atomic E-state index is 9.03. The maximum Gasteiger partial charge on any atom is 0.120 e. The van der Waals surface area contributed by atoms with Gasteiger partial charge >= 0.3 is 0 Å². The van der Waals surface area contributed by atoms with Crippen LogP contribution in [-0.2, 0) is 13.2 Å². The average molecular weight is 283 g/mol. The molecule has 0 fully saturated rings. The Hall–Kier alpha value is -1.22. The summed E-state index contributed by atoms with van der Waals surface area (Å²) < 4.78 is 5.62. The van der Waals surface area contributed by atoms with Gasteiger partial charge < -0.3 is 9.84 Å². The molecular formula is C14H12Cl2O2. The van der Waals surface area contributed by atoms with Gasteiger partial charge in [-0.25, -0.2) is 0 Å². The summed E-state index contributed by atoms with van der Waals surface area (Å²) in [6, 6.07) is 12.7. The Morgan fingerprint density at radius 3 is 2.61 bits per heavy atom. The summed E-state index contributed by atoms with van der Waals surface area (Å²) in [6.45, 7) is 0.337. The van der Waals surface area contributed by atoms with E-state index in [1.807, 2.05) is 30.3 Å². The van der Waals surface area contributed by atoms with Crippen molar-refractivity contribution in [3.8, 4) is 5.75 Å². The highest BCUT2D eigenvalue weighted by atomic mass is 35.5. The third kappa shape index (κ3) is 3.16. The molecule has 0 aromatic heterocycles. The molecule has 0 amide bonds. The quantitative estimate of drug-likeness (QED) is 0.916. The van der Waals surface area contributed by atoms with Crippen molar-refractivity contribution in [3.05, 3.63) is 63.6 Å². The first-order valence-electron chi connectivity index (χ1n) is 5.46.